The highest BCUT2D eigenvalue weighted by molar-refractivity contribution is 5.71. The molecule has 0 saturated carbocycles. The molecule has 0 bridgehead atoms. The Balaban J connectivity index is 4.23. The average molecular weight is 863 g/mol. The zero-order chi connectivity index (χ0) is 44.5. The maximum absolute atomic E-state index is 12.8. The number of rotatable bonds is 50. The van der Waals surface area contributed by atoms with Crippen LogP contribution in [0.4, 0.5) is 0 Å². The van der Waals surface area contributed by atoms with Crippen molar-refractivity contribution in [1.29, 1.82) is 0 Å². The fourth-order valence-corrected chi connectivity index (χ4v) is 8.39. The fourth-order valence-electron chi connectivity index (χ4n) is 8.39. The number of carbonyl (C=O) groups is 3. The molecular formula is C55H106O6. The third-order valence-electron chi connectivity index (χ3n) is 12.5. The van der Waals surface area contributed by atoms with Crippen molar-refractivity contribution in [2.45, 2.75) is 316 Å². The predicted octanol–water partition coefficient (Wildman–Crippen LogP) is 17.8. The van der Waals surface area contributed by atoms with E-state index in [2.05, 4.69) is 27.7 Å². The SMILES string of the molecule is CCCCCCCCCCCCCCCCCCCC(=O)OC[C@@H](COC(=O)CCCCCCCCCCCCCCCC(C)C)OC(=O)CCCCCCCCCCCC. The quantitative estimate of drug-likeness (QED) is 0.0344. The lowest BCUT2D eigenvalue weighted by Gasteiger charge is -2.18. The highest BCUT2D eigenvalue weighted by Gasteiger charge is 2.19. The molecule has 1 atom stereocenters. The van der Waals surface area contributed by atoms with Crippen molar-refractivity contribution < 1.29 is 28.6 Å². The van der Waals surface area contributed by atoms with Crippen molar-refractivity contribution in [3.05, 3.63) is 0 Å². The summed E-state index contributed by atoms with van der Waals surface area (Å²) in [6, 6.07) is 0. The second-order valence-corrected chi connectivity index (χ2v) is 19.3. The summed E-state index contributed by atoms with van der Waals surface area (Å²) in [5.41, 5.74) is 0. The van der Waals surface area contributed by atoms with E-state index in [4.69, 9.17) is 14.2 Å². The minimum Gasteiger partial charge on any atom is -0.462 e. The normalized spacial score (nSPS) is 12.0. The molecule has 0 aromatic heterocycles. The van der Waals surface area contributed by atoms with Crippen molar-refractivity contribution in [2.75, 3.05) is 13.2 Å². The van der Waals surface area contributed by atoms with Gasteiger partial charge in [0.1, 0.15) is 13.2 Å². The van der Waals surface area contributed by atoms with Crippen LogP contribution < -0.4 is 0 Å². The first-order valence-electron chi connectivity index (χ1n) is 27.4. The van der Waals surface area contributed by atoms with E-state index in [1.807, 2.05) is 0 Å². The molecule has 0 saturated heterocycles. The van der Waals surface area contributed by atoms with Gasteiger partial charge in [-0.05, 0) is 25.2 Å². The second kappa shape index (κ2) is 49.4. The molecule has 6 heteroatoms. The summed E-state index contributed by atoms with van der Waals surface area (Å²) < 4.78 is 16.8. The van der Waals surface area contributed by atoms with E-state index in [0.717, 1.165) is 63.7 Å². The van der Waals surface area contributed by atoms with Gasteiger partial charge in [-0.3, -0.25) is 14.4 Å². The lowest BCUT2D eigenvalue weighted by Crippen LogP contribution is -2.30. The van der Waals surface area contributed by atoms with Gasteiger partial charge in [0, 0.05) is 19.3 Å². The lowest BCUT2D eigenvalue weighted by molar-refractivity contribution is -0.167. The van der Waals surface area contributed by atoms with E-state index in [9.17, 15) is 14.4 Å². The molecule has 0 amide bonds. The molecule has 6 nitrogen and oxygen atoms in total. The Labute approximate surface area is 380 Å². The molecule has 0 spiro atoms. The van der Waals surface area contributed by atoms with Gasteiger partial charge >= 0.3 is 17.9 Å². The number of carbonyl (C=O) groups excluding carboxylic acids is 3. The van der Waals surface area contributed by atoms with Crippen LogP contribution in [0.15, 0.2) is 0 Å². The third-order valence-corrected chi connectivity index (χ3v) is 12.5. The topological polar surface area (TPSA) is 78.9 Å². The first kappa shape index (κ1) is 59.4. The van der Waals surface area contributed by atoms with Gasteiger partial charge in [-0.15, -0.1) is 0 Å². The van der Waals surface area contributed by atoms with Gasteiger partial charge in [-0.1, -0.05) is 272 Å². The standard InChI is InChI=1S/C55H106O6/c1-5-7-9-11-13-15-17-18-19-20-21-24-27-31-34-38-42-46-53(56)59-49-52(61-55(58)48-44-40-36-30-16-14-12-10-8-6-2)50-60-54(57)47-43-39-35-32-28-25-22-23-26-29-33-37-41-45-51(3)4/h51-52H,5-50H2,1-4H3/t52-/m0/s1. The summed E-state index contributed by atoms with van der Waals surface area (Å²) in [5.74, 6) is -0.00179. The Kier molecular flexibility index (Phi) is 48.1. The first-order chi connectivity index (χ1) is 29.9. The maximum atomic E-state index is 12.8. The molecule has 61 heavy (non-hydrogen) atoms. The average Bonchev–Trinajstić information content (AvgIpc) is 3.24. The molecule has 0 aliphatic carbocycles. The highest BCUT2D eigenvalue weighted by Crippen LogP contribution is 2.17. The van der Waals surface area contributed by atoms with Gasteiger partial charge in [-0.25, -0.2) is 0 Å². The molecule has 0 aromatic carbocycles. The highest BCUT2D eigenvalue weighted by atomic mass is 16.6. The summed E-state index contributed by atoms with van der Waals surface area (Å²) in [5, 5.41) is 0. The van der Waals surface area contributed by atoms with Gasteiger partial charge in [0.25, 0.3) is 0 Å². The van der Waals surface area contributed by atoms with E-state index < -0.39 is 6.10 Å². The van der Waals surface area contributed by atoms with Crippen molar-refractivity contribution in [1.82, 2.24) is 0 Å². The summed E-state index contributed by atoms with van der Waals surface area (Å²) >= 11 is 0. The van der Waals surface area contributed by atoms with Crippen molar-refractivity contribution in [3.8, 4) is 0 Å². The predicted molar refractivity (Wildman–Crippen MR) is 261 cm³/mol. The molecule has 362 valence electrons. The van der Waals surface area contributed by atoms with E-state index in [1.54, 1.807) is 0 Å². The van der Waals surface area contributed by atoms with E-state index in [1.165, 1.54) is 205 Å². The van der Waals surface area contributed by atoms with Crippen molar-refractivity contribution >= 4 is 17.9 Å². The molecule has 0 aromatic rings. The minimum absolute atomic E-state index is 0.0624. The number of hydrogen-bond acceptors (Lipinski definition) is 6. The molecule has 0 heterocycles. The molecule has 0 N–H and O–H groups in total. The van der Waals surface area contributed by atoms with Gasteiger partial charge < -0.3 is 14.2 Å². The largest absolute Gasteiger partial charge is 0.462 e. The minimum atomic E-state index is -0.760. The summed E-state index contributed by atoms with van der Waals surface area (Å²) in [6.45, 7) is 9.04. The monoisotopic (exact) mass is 863 g/mol. The van der Waals surface area contributed by atoms with Crippen LogP contribution in [0.5, 0.6) is 0 Å². The zero-order valence-electron chi connectivity index (χ0n) is 41.6. The summed E-state index contributed by atoms with van der Waals surface area (Å²) in [7, 11) is 0. The molecule has 0 rings (SSSR count). The number of ether oxygens (including phenoxy) is 3. The Morgan fingerprint density at radius 2 is 0.541 bits per heavy atom. The number of esters is 3. The molecule has 0 aliphatic rings. The van der Waals surface area contributed by atoms with Crippen LogP contribution in [0.1, 0.15) is 310 Å². The van der Waals surface area contributed by atoms with Crippen LogP contribution in [0, 0.1) is 5.92 Å². The Bertz CT molecular complexity index is 918. The maximum Gasteiger partial charge on any atom is 0.306 e. The van der Waals surface area contributed by atoms with Gasteiger partial charge in [0.15, 0.2) is 6.10 Å². The fraction of sp³-hybridized carbons (Fsp3) is 0.945. The second-order valence-electron chi connectivity index (χ2n) is 19.3. The summed E-state index contributed by atoms with van der Waals surface area (Å²) in [4.78, 5) is 38.0. The Morgan fingerprint density at radius 1 is 0.311 bits per heavy atom. The number of hydrogen-bond donors (Lipinski definition) is 0. The number of unbranched alkanes of at least 4 members (excludes halogenated alkanes) is 37. The van der Waals surface area contributed by atoms with Crippen LogP contribution in [0.2, 0.25) is 0 Å². The van der Waals surface area contributed by atoms with E-state index in [0.29, 0.717) is 19.3 Å². The first-order valence-corrected chi connectivity index (χ1v) is 27.4. The molecule has 0 radical (unpaired) electrons. The van der Waals surface area contributed by atoms with Gasteiger partial charge in [0.2, 0.25) is 0 Å². The van der Waals surface area contributed by atoms with Crippen LogP contribution in [-0.4, -0.2) is 37.2 Å². The van der Waals surface area contributed by atoms with Crippen molar-refractivity contribution in [2.24, 2.45) is 5.92 Å². The molecule has 0 unspecified atom stereocenters. The zero-order valence-corrected chi connectivity index (χ0v) is 41.6. The lowest BCUT2D eigenvalue weighted by atomic mass is 10.0. The molecule has 0 fully saturated rings. The van der Waals surface area contributed by atoms with Gasteiger partial charge in [0.05, 0.1) is 0 Å². The Morgan fingerprint density at radius 3 is 0.803 bits per heavy atom. The molecular weight excluding hydrogens is 757 g/mol. The Hall–Kier alpha value is -1.59. The van der Waals surface area contributed by atoms with Crippen LogP contribution in [0.3, 0.4) is 0 Å². The van der Waals surface area contributed by atoms with E-state index >= 15 is 0 Å². The van der Waals surface area contributed by atoms with E-state index in [-0.39, 0.29) is 31.1 Å². The van der Waals surface area contributed by atoms with Crippen LogP contribution in [0.25, 0.3) is 0 Å². The van der Waals surface area contributed by atoms with Crippen molar-refractivity contribution in [3.63, 3.8) is 0 Å². The third kappa shape index (κ3) is 49.3. The van der Waals surface area contributed by atoms with Crippen LogP contribution >= 0.6 is 0 Å². The van der Waals surface area contributed by atoms with Gasteiger partial charge in [-0.2, -0.15) is 0 Å². The summed E-state index contributed by atoms with van der Waals surface area (Å²) in [6.07, 6.45) is 52.3. The molecule has 0 aliphatic heterocycles. The smallest absolute Gasteiger partial charge is 0.306 e. The van der Waals surface area contributed by atoms with Crippen LogP contribution in [-0.2, 0) is 28.6 Å².